The van der Waals surface area contributed by atoms with Crippen molar-refractivity contribution in [3.8, 4) is 11.5 Å². The van der Waals surface area contributed by atoms with Crippen LogP contribution in [0.25, 0.3) is 11.5 Å². The molecule has 1 aromatic carbocycles. The zero-order valence-corrected chi connectivity index (χ0v) is 11.5. The van der Waals surface area contributed by atoms with Crippen LogP contribution in [0.15, 0.2) is 35.1 Å². The summed E-state index contributed by atoms with van der Waals surface area (Å²) in [6.45, 7) is 5.00. The van der Waals surface area contributed by atoms with E-state index in [0.29, 0.717) is 18.4 Å². The van der Waals surface area contributed by atoms with Crippen LogP contribution in [-0.2, 0) is 4.74 Å². The summed E-state index contributed by atoms with van der Waals surface area (Å²) < 4.78 is 10.4. The highest BCUT2D eigenvalue weighted by molar-refractivity contribution is 5.61. The van der Waals surface area contributed by atoms with Crippen molar-refractivity contribution >= 4 is 5.69 Å². The van der Waals surface area contributed by atoms with Crippen molar-refractivity contribution in [3.63, 3.8) is 0 Å². The smallest absolute Gasteiger partial charge is 0.247 e. The molecule has 0 aliphatic heterocycles. The number of anilines is 1. The number of nitrogens with zero attached hydrogens (tertiary/aromatic N) is 2. The number of hydrogen-bond acceptors (Lipinski definition) is 5. The number of nitrogens with one attached hydrogen (secondary N) is 1. The van der Waals surface area contributed by atoms with Crippen LogP contribution in [0, 0.1) is 5.92 Å². The van der Waals surface area contributed by atoms with Gasteiger partial charge in [0, 0.05) is 18.4 Å². The van der Waals surface area contributed by atoms with E-state index in [1.807, 2.05) is 24.3 Å². The molecule has 1 heterocycles. The van der Waals surface area contributed by atoms with Gasteiger partial charge >= 0.3 is 0 Å². The molecular formula is C14H19N3O2. The van der Waals surface area contributed by atoms with Crippen molar-refractivity contribution < 1.29 is 9.15 Å². The molecule has 2 rings (SSSR count). The van der Waals surface area contributed by atoms with E-state index in [9.17, 15) is 0 Å². The van der Waals surface area contributed by atoms with E-state index in [-0.39, 0.29) is 6.04 Å². The first-order chi connectivity index (χ1) is 9.20. The SMILES string of the molecule is COCC(Nc1cccc(-c2nnco2)c1)C(C)C. The largest absolute Gasteiger partial charge is 0.423 e. The average Bonchev–Trinajstić information content (AvgIpc) is 2.92. The molecule has 1 unspecified atom stereocenters. The molecule has 2 aromatic rings. The third kappa shape index (κ3) is 3.54. The fourth-order valence-electron chi connectivity index (χ4n) is 1.84. The summed E-state index contributed by atoms with van der Waals surface area (Å²) in [5.74, 6) is 1.00. The Labute approximate surface area is 113 Å². The minimum absolute atomic E-state index is 0.267. The van der Waals surface area contributed by atoms with E-state index in [1.165, 1.54) is 6.39 Å². The first-order valence-corrected chi connectivity index (χ1v) is 6.32. The molecule has 5 nitrogen and oxygen atoms in total. The predicted molar refractivity (Wildman–Crippen MR) is 73.9 cm³/mol. The van der Waals surface area contributed by atoms with E-state index >= 15 is 0 Å². The molecule has 0 aliphatic carbocycles. The number of hydrogen-bond donors (Lipinski definition) is 1. The summed E-state index contributed by atoms with van der Waals surface area (Å²) in [5.41, 5.74) is 1.92. The maximum absolute atomic E-state index is 5.24. The van der Waals surface area contributed by atoms with Crippen LogP contribution in [0.5, 0.6) is 0 Å². The van der Waals surface area contributed by atoms with Crippen LogP contribution >= 0.6 is 0 Å². The molecule has 1 N–H and O–H groups in total. The van der Waals surface area contributed by atoms with Crippen molar-refractivity contribution in [1.82, 2.24) is 10.2 Å². The van der Waals surface area contributed by atoms with Gasteiger partial charge in [-0.2, -0.15) is 0 Å². The monoisotopic (exact) mass is 261 g/mol. The van der Waals surface area contributed by atoms with Gasteiger partial charge in [0.05, 0.1) is 12.6 Å². The van der Waals surface area contributed by atoms with Crippen molar-refractivity contribution in [2.24, 2.45) is 5.92 Å². The number of benzene rings is 1. The van der Waals surface area contributed by atoms with Gasteiger partial charge in [0.15, 0.2) is 0 Å². The average molecular weight is 261 g/mol. The van der Waals surface area contributed by atoms with Crippen LogP contribution < -0.4 is 5.32 Å². The highest BCUT2D eigenvalue weighted by atomic mass is 16.5. The second-order valence-corrected chi connectivity index (χ2v) is 4.77. The summed E-state index contributed by atoms with van der Waals surface area (Å²) in [6.07, 6.45) is 1.33. The minimum atomic E-state index is 0.267. The summed E-state index contributed by atoms with van der Waals surface area (Å²) in [6, 6.07) is 8.19. The van der Waals surface area contributed by atoms with Gasteiger partial charge in [-0.15, -0.1) is 10.2 Å². The lowest BCUT2D eigenvalue weighted by molar-refractivity contribution is 0.171. The van der Waals surface area contributed by atoms with E-state index in [4.69, 9.17) is 9.15 Å². The standard InChI is InChI=1S/C14H19N3O2/c1-10(2)13(8-18-3)16-12-6-4-5-11(7-12)14-17-15-9-19-14/h4-7,9-10,13,16H,8H2,1-3H3. The summed E-state index contributed by atoms with van der Waals surface area (Å²) in [7, 11) is 1.71. The minimum Gasteiger partial charge on any atom is -0.423 e. The van der Waals surface area contributed by atoms with Crippen LogP contribution in [-0.4, -0.2) is 30.0 Å². The van der Waals surface area contributed by atoms with Gasteiger partial charge in [-0.25, -0.2) is 0 Å². The maximum Gasteiger partial charge on any atom is 0.247 e. The Kier molecular flexibility index (Phi) is 4.52. The molecule has 1 aromatic heterocycles. The van der Waals surface area contributed by atoms with Crippen LogP contribution in [0.3, 0.4) is 0 Å². The third-order valence-corrected chi connectivity index (χ3v) is 2.97. The quantitative estimate of drug-likeness (QED) is 0.866. The number of ether oxygens (including phenoxy) is 1. The first kappa shape index (κ1) is 13.5. The lowest BCUT2D eigenvalue weighted by Crippen LogP contribution is -2.30. The Morgan fingerprint density at radius 2 is 2.21 bits per heavy atom. The van der Waals surface area contributed by atoms with E-state index in [0.717, 1.165) is 11.3 Å². The number of aromatic nitrogens is 2. The third-order valence-electron chi connectivity index (χ3n) is 2.97. The Morgan fingerprint density at radius 3 is 2.84 bits per heavy atom. The van der Waals surface area contributed by atoms with Crippen molar-refractivity contribution in [3.05, 3.63) is 30.7 Å². The lowest BCUT2D eigenvalue weighted by Gasteiger charge is -2.22. The fraction of sp³-hybridized carbons (Fsp3) is 0.429. The molecule has 0 aliphatic rings. The highest BCUT2D eigenvalue weighted by Gasteiger charge is 2.13. The predicted octanol–water partition coefficient (Wildman–Crippen LogP) is 2.82. The van der Waals surface area contributed by atoms with Crippen molar-refractivity contribution in [2.75, 3.05) is 19.0 Å². The molecule has 102 valence electrons. The van der Waals surface area contributed by atoms with Crippen molar-refractivity contribution in [1.29, 1.82) is 0 Å². The van der Waals surface area contributed by atoms with Gasteiger partial charge < -0.3 is 14.5 Å². The molecule has 0 saturated carbocycles. The first-order valence-electron chi connectivity index (χ1n) is 6.32. The Bertz CT molecular complexity index is 497. The highest BCUT2D eigenvalue weighted by Crippen LogP contribution is 2.21. The van der Waals surface area contributed by atoms with E-state index in [1.54, 1.807) is 7.11 Å². The molecule has 0 amide bonds. The molecule has 19 heavy (non-hydrogen) atoms. The summed E-state index contributed by atoms with van der Waals surface area (Å²) in [5, 5.41) is 11.1. The van der Waals surface area contributed by atoms with Crippen molar-refractivity contribution in [2.45, 2.75) is 19.9 Å². The molecule has 1 atom stereocenters. The zero-order chi connectivity index (χ0) is 13.7. The van der Waals surface area contributed by atoms with Crippen LogP contribution in [0.2, 0.25) is 0 Å². The lowest BCUT2D eigenvalue weighted by atomic mass is 10.0. The molecule has 0 bridgehead atoms. The number of methoxy groups -OCH3 is 1. The van der Waals surface area contributed by atoms with Crippen LogP contribution in [0.1, 0.15) is 13.8 Å². The molecular weight excluding hydrogens is 242 g/mol. The summed E-state index contributed by atoms with van der Waals surface area (Å²) in [4.78, 5) is 0. The second-order valence-electron chi connectivity index (χ2n) is 4.77. The Hall–Kier alpha value is -1.88. The molecule has 0 saturated heterocycles. The van der Waals surface area contributed by atoms with E-state index in [2.05, 4.69) is 29.4 Å². The van der Waals surface area contributed by atoms with Gasteiger partial charge in [0.25, 0.3) is 0 Å². The van der Waals surface area contributed by atoms with E-state index < -0.39 is 0 Å². The molecule has 5 heteroatoms. The topological polar surface area (TPSA) is 60.2 Å². The van der Waals surface area contributed by atoms with Gasteiger partial charge in [-0.05, 0) is 24.1 Å². The summed E-state index contributed by atoms with van der Waals surface area (Å²) >= 11 is 0. The molecule has 0 spiro atoms. The zero-order valence-electron chi connectivity index (χ0n) is 11.5. The fourth-order valence-corrected chi connectivity index (χ4v) is 1.84. The number of rotatable bonds is 6. The van der Waals surface area contributed by atoms with Gasteiger partial charge in [0.2, 0.25) is 12.3 Å². The van der Waals surface area contributed by atoms with Gasteiger partial charge in [-0.1, -0.05) is 19.9 Å². The second kappa shape index (κ2) is 6.33. The molecule has 0 fully saturated rings. The Morgan fingerprint density at radius 1 is 1.37 bits per heavy atom. The maximum atomic E-state index is 5.24. The van der Waals surface area contributed by atoms with Gasteiger partial charge in [-0.3, -0.25) is 0 Å². The molecule has 0 radical (unpaired) electrons. The normalized spacial score (nSPS) is 12.6. The van der Waals surface area contributed by atoms with Gasteiger partial charge in [0.1, 0.15) is 0 Å². The van der Waals surface area contributed by atoms with Crippen LogP contribution in [0.4, 0.5) is 5.69 Å². The Balaban J connectivity index is 2.14.